The molecule has 4 nitrogen and oxygen atoms in total. The van der Waals surface area contributed by atoms with Gasteiger partial charge in [0.05, 0.1) is 5.02 Å². The van der Waals surface area contributed by atoms with Gasteiger partial charge in [-0.15, -0.1) is 0 Å². The molecule has 0 atom stereocenters. The lowest BCUT2D eigenvalue weighted by atomic mass is 10.3. The smallest absolute Gasteiger partial charge is 0.337 e. The van der Waals surface area contributed by atoms with Gasteiger partial charge in [0.15, 0.2) is 12.3 Å². The average molecular weight is 247 g/mol. The van der Waals surface area contributed by atoms with E-state index in [1.165, 1.54) is 18.3 Å². The Hall–Kier alpha value is -2.25. The van der Waals surface area contributed by atoms with Crippen LogP contribution in [-0.2, 0) is 0 Å². The van der Waals surface area contributed by atoms with E-state index in [-0.39, 0.29) is 11.4 Å². The van der Waals surface area contributed by atoms with Crippen LogP contribution < -0.4 is 9.47 Å². The number of rotatable bonds is 2. The summed E-state index contributed by atoms with van der Waals surface area (Å²) >= 11 is 5.92. The van der Waals surface area contributed by atoms with Crippen molar-refractivity contribution < 1.29 is 9.47 Å². The molecule has 0 aliphatic rings. The predicted octanol–water partition coefficient (Wildman–Crippen LogP) is 2.64. The molecule has 0 amide bonds. The van der Waals surface area contributed by atoms with Crippen molar-refractivity contribution in [1.82, 2.24) is 0 Å². The molecule has 0 spiro atoms. The van der Waals surface area contributed by atoms with Crippen molar-refractivity contribution in [3.8, 4) is 17.6 Å². The molecule has 0 fully saturated rings. The third-order valence-electron chi connectivity index (χ3n) is 2.09. The monoisotopic (exact) mass is 246 g/mol. The minimum Gasteiger partial charge on any atom is -0.618 e. The molecule has 0 bridgehead atoms. The van der Waals surface area contributed by atoms with E-state index in [1.54, 1.807) is 30.3 Å². The van der Waals surface area contributed by atoms with E-state index in [9.17, 15) is 5.21 Å². The number of para-hydroxylation sites is 1. The van der Waals surface area contributed by atoms with Crippen molar-refractivity contribution in [3.63, 3.8) is 0 Å². The summed E-state index contributed by atoms with van der Waals surface area (Å²) < 4.78 is 5.89. The van der Waals surface area contributed by atoms with E-state index in [0.29, 0.717) is 15.5 Å². The fourth-order valence-corrected chi connectivity index (χ4v) is 1.48. The van der Waals surface area contributed by atoms with E-state index in [0.717, 1.165) is 0 Å². The highest BCUT2D eigenvalue weighted by molar-refractivity contribution is 6.32. The van der Waals surface area contributed by atoms with Gasteiger partial charge in [-0.3, -0.25) is 0 Å². The van der Waals surface area contributed by atoms with Crippen molar-refractivity contribution in [2.75, 3.05) is 0 Å². The van der Waals surface area contributed by atoms with Crippen LogP contribution >= 0.6 is 11.6 Å². The number of hydrogen-bond donors (Lipinski definition) is 0. The van der Waals surface area contributed by atoms with Crippen molar-refractivity contribution in [1.29, 1.82) is 5.26 Å². The molecule has 0 saturated carbocycles. The molecule has 84 valence electrons. The van der Waals surface area contributed by atoms with E-state index in [1.807, 2.05) is 0 Å². The van der Waals surface area contributed by atoms with Crippen LogP contribution in [0.25, 0.3) is 0 Å². The summed E-state index contributed by atoms with van der Waals surface area (Å²) in [5.74, 6) is 0.579. The van der Waals surface area contributed by atoms with Crippen LogP contribution in [0.2, 0.25) is 5.02 Å². The van der Waals surface area contributed by atoms with E-state index >= 15 is 0 Å². The highest BCUT2D eigenvalue weighted by Gasteiger charge is 2.14. The van der Waals surface area contributed by atoms with Crippen molar-refractivity contribution in [2.45, 2.75) is 0 Å². The number of pyridine rings is 1. The summed E-state index contributed by atoms with van der Waals surface area (Å²) in [6.45, 7) is 0. The largest absolute Gasteiger partial charge is 0.618 e. The molecule has 1 aromatic heterocycles. The Morgan fingerprint density at radius 1 is 1.18 bits per heavy atom. The molecule has 0 radical (unpaired) electrons. The van der Waals surface area contributed by atoms with E-state index < -0.39 is 0 Å². The Morgan fingerprint density at radius 2 is 1.88 bits per heavy atom. The molecule has 1 aromatic carbocycles. The van der Waals surface area contributed by atoms with Crippen LogP contribution in [0, 0.1) is 16.5 Å². The molecule has 0 unspecified atom stereocenters. The second-order valence-electron chi connectivity index (χ2n) is 3.19. The molecule has 17 heavy (non-hydrogen) atoms. The number of ether oxygens (including phenoxy) is 1. The zero-order valence-electron chi connectivity index (χ0n) is 8.63. The van der Waals surface area contributed by atoms with Gasteiger partial charge in [-0.1, -0.05) is 23.7 Å². The van der Waals surface area contributed by atoms with Gasteiger partial charge in [0.1, 0.15) is 5.75 Å². The topological polar surface area (TPSA) is 60.0 Å². The predicted molar refractivity (Wildman–Crippen MR) is 61.6 cm³/mol. The number of nitriles is 1. The molecule has 0 N–H and O–H groups in total. The lowest BCUT2D eigenvalue weighted by Gasteiger charge is -2.07. The second-order valence-corrected chi connectivity index (χ2v) is 3.60. The third kappa shape index (κ3) is 2.30. The van der Waals surface area contributed by atoms with E-state index in [4.69, 9.17) is 21.6 Å². The van der Waals surface area contributed by atoms with Gasteiger partial charge in [0.25, 0.3) is 0 Å². The summed E-state index contributed by atoms with van der Waals surface area (Å²) in [6.07, 6.45) is 1.23. The van der Waals surface area contributed by atoms with Gasteiger partial charge in [-0.25, -0.2) is 0 Å². The lowest BCUT2D eigenvalue weighted by Crippen LogP contribution is -2.29. The molecule has 0 aliphatic heterocycles. The van der Waals surface area contributed by atoms with Gasteiger partial charge in [-0.2, -0.15) is 9.99 Å². The van der Waals surface area contributed by atoms with Gasteiger partial charge in [0, 0.05) is 6.07 Å². The molecule has 1 heterocycles. The van der Waals surface area contributed by atoms with Crippen LogP contribution in [-0.4, -0.2) is 0 Å². The zero-order chi connectivity index (χ0) is 12.3. The zero-order valence-corrected chi connectivity index (χ0v) is 9.39. The Balaban J connectivity index is 2.41. The molecule has 2 rings (SSSR count). The molecule has 0 aliphatic carbocycles. The van der Waals surface area contributed by atoms with Crippen molar-refractivity contribution in [2.24, 2.45) is 0 Å². The quantitative estimate of drug-likeness (QED) is 0.605. The third-order valence-corrected chi connectivity index (χ3v) is 2.40. The van der Waals surface area contributed by atoms with Crippen LogP contribution in [0.5, 0.6) is 11.5 Å². The first kappa shape index (κ1) is 11.2. The number of nitrogens with zero attached hydrogens (tertiary/aromatic N) is 2. The summed E-state index contributed by atoms with van der Waals surface area (Å²) in [4.78, 5) is 0. The lowest BCUT2D eigenvalue weighted by molar-refractivity contribution is -0.608. The van der Waals surface area contributed by atoms with Gasteiger partial charge >= 0.3 is 5.69 Å². The second kappa shape index (κ2) is 4.73. The molecule has 0 saturated heterocycles. The normalized spacial score (nSPS) is 9.65. The maximum atomic E-state index is 11.3. The highest BCUT2D eigenvalue weighted by Crippen LogP contribution is 2.29. The minimum absolute atomic E-state index is 0.104. The Labute approximate surface area is 103 Å². The average Bonchev–Trinajstić information content (AvgIpc) is 2.32. The van der Waals surface area contributed by atoms with Crippen LogP contribution in [0.4, 0.5) is 0 Å². The van der Waals surface area contributed by atoms with Crippen molar-refractivity contribution >= 4 is 11.6 Å². The number of aromatic nitrogens is 1. The summed E-state index contributed by atoms with van der Waals surface area (Å²) in [5.41, 5.74) is -0.104. The SMILES string of the molecule is N#Cc1c(Oc2ccccc2Cl)ccc[n+]1[O-]. The maximum Gasteiger partial charge on any atom is 0.337 e. The van der Waals surface area contributed by atoms with Crippen molar-refractivity contribution in [3.05, 3.63) is 58.5 Å². The molecule has 2 aromatic rings. The van der Waals surface area contributed by atoms with E-state index in [2.05, 4.69) is 0 Å². The molecular formula is C12H7ClN2O2. The summed E-state index contributed by atoms with van der Waals surface area (Å²) in [5, 5.41) is 20.6. The van der Waals surface area contributed by atoms with Crippen LogP contribution in [0.15, 0.2) is 42.6 Å². The Bertz CT molecular complexity index is 593. The first-order valence-electron chi connectivity index (χ1n) is 4.77. The fraction of sp³-hybridized carbons (Fsp3) is 0. The first-order chi connectivity index (χ1) is 8.22. The van der Waals surface area contributed by atoms with Crippen LogP contribution in [0.1, 0.15) is 5.69 Å². The van der Waals surface area contributed by atoms with Gasteiger partial charge in [-0.05, 0) is 18.2 Å². The minimum atomic E-state index is -0.104. The van der Waals surface area contributed by atoms with Gasteiger partial charge in [0.2, 0.25) is 5.75 Å². The fourth-order valence-electron chi connectivity index (χ4n) is 1.30. The van der Waals surface area contributed by atoms with Crippen LogP contribution in [0.3, 0.4) is 0 Å². The summed E-state index contributed by atoms with van der Waals surface area (Å²) in [7, 11) is 0. The Kier molecular flexibility index (Phi) is 3.12. The first-order valence-corrected chi connectivity index (χ1v) is 5.15. The summed E-state index contributed by atoms with van der Waals surface area (Å²) in [6, 6.07) is 11.7. The number of hydrogen-bond acceptors (Lipinski definition) is 3. The molecule has 5 heteroatoms. The van der Waals surface area contributed by atoms with Gasteiger partial charge < -0.3 is 9.94 Å². The number of halogens is 1. The standard InChI is InChI=1S/C12H7ClN2O2/c13-9-4-1-2-5-11(9)17-12-6-3-7-15(16)10(12)8-14/h1-7H. The molecular weight excluding hydrogens is 240 g/mol. The highest BCUT2D eigenvalue weighted by atomic mass is 35.5. The number of benzene rings is 1. The Morgan fingerprint density at radius 3 is 2.59 bits per heavy atom. The maximum absolute atomic E-state index is 11.3.